The lowest BCUT2D eigenvalue weighted by Crippen LogP contribution is -2.19. The van der Waals surface area contributed by atoms with E-state index in [9.17, 15) is 4.79 Å². The molecule has 3 rings (SSSR count). The van der Waals surface area contributed by atoms with Crippen LogP contribution in [0.25, 0.3) is 0 Å². The van der Waals surface area contributed by atoms with Crippen LogP contribution in [0.1, 0.15) is 45.1 Å². The summed E-state index contributed by atoms with van der Waals surface area (Å²) in [4.78, 5) is 12.6. The number of carbonyl (C=O) groups excluding carboxylic acids is 1. The number of benzene rings is 2. The Morgan fingerprint density at radius 2 is 1.95 bits per heavy atom. The summed E-state index contributed by atoms with van der Waals surface area (Å²) in [6.45, 7) is 4.75. The number of hydrogen-bond donors (Lipinski definition) is 0. The van der Waals surface area contributed by atoms with Crippen molar-refractivity contribution >= 4 is 5.78 Å². The molecule has 0 saturated heterocycles. The molecule has 1 heterocycles. The molecule has 2 nitrogen and oxygen atoms in total. The van der Waals surface area contributed by atoms with E-state index in [-0.39, 0.29) is 11.9 Å². The van der Waals surface area contributed by atoms with Gasteiger partial charge in [-0.3, -0.25) is 4.79 Å². The quantitative estimate of drug-likeness (QED) is 0.788. The van der Waals surface area contributed by atoms with Crippen molar-refractivity contribution in [3.63, 3.8) is 0 Å². The third kappa shape index (κ3) is 2.77. The van der Waals surface area contributed by atoms with Crippen LogP contribution in [0, 0.1) is 13.8 Å². The molecule has 0 aliphatic carbocycles. The highest BCUT2D eigenvalue weighted by Crippen LogP contribution is 2.31. The first-order valence-electron chi connectivity index (χ1n) is 7.45. The van der Waals surface area contributed by atoms with Crippen molar-refractivity contribution < 1.29 is 9.53 Å². The van der Waals surface area contributed by atoms with Gasteiger partial charge in [0.2, 0.25) is 0 Å². The monoisotopic (exact) mass is 280 g/mol. The normalized spacial score (nSPS) is 17.3. The van der Waals surface area contributed by atoms with Gasteiger partial charge in [0.1, 0.15) is 0 Å². The van der Waals surface area contributed by atoms with Gasteiger partial charge in [0.15, 0.2) is 5.78 Å². The molecule has 0 aromatic heterocycles. The summed E-state index contributed by atoms with van der Waals surface area (Å²) < 4.78 is 5.85. The van der Waals surface area contributed by atoms with Crippen LogP contribution in [0.15, 0.2) is 42.5 Å². The van der Waals surface area contributed by atoms with Gasteiger partial charge in [0, 0.05) is 12.0 Å². The second-order valence-electron chi connectivity index (χ2n) is 5.68. The number of ether oxygens (including phenoxy) is 1. The summed E-state index contributed by atoms with van der Waals surface area (Å²) in [5.74, 6) is 0.165. The summed E-state index contributed by atoms with van der Waals surface area (Å²) in [7, 11) is 0. The van der Waals surface area contributed by atoms with Gasteiger partial charge in [-0.1, -0.05) is 42.5 Å². The molecule has 0 N–H and O–H groups in total. The average Bonchev–Trinajstić information content (AvgIpc) is 2.50. The smallest absolute Gasteiger partial charge is 0.166 e. The van der Waals surface area contributed by atoms with Gasteiger partial charge in [-0.2, -0.15) is 0 Å². The minimum Gasteiger partial charge on any atom is -0.373 e. The zero-order valence-corrected chi connectivity index (χ0v) is 12.6. The largest absolute Gasteiger partial charge is 0.373 e. The molecule has 2 heteroatoms. The van der Waals surface area contributed by atoms with E-state index in [1.54, 1.807) is 0 Å². The Morgan fingerprint density at radius 1 is 1.14 bits per heavy atom. The lowest BCUT2D eigenvalue weighted by Gasteiger charge is -2.25. The molecule has 1 unspecified atom stereocenters. The Bertz CT molecular complexity index is 673. The maximum Gasteiger partial charge on any atom is 0.166 e. The Balaban J connectivity index is 1.85. The molecule has 0 radical (unpaired) electrons. The van der Waals surface area contributed by atoms with Crippen molar-refractivity contribution in [1.29, 1.82) is 0 Å². The van der Waals surface area contributed by atoms with Gasteiger partial charge in [-0.05, 0) is 42.5 Å². The minimum atomic E-state index is -0.109. The predicted molar refractivity (Wildman–Crippen MR) is 83.7 cm³/mol. The van der Waals surface area contributed by atoms with Crippen molar-refractivity contribution in [1.82, 2.24) is 0 Å². The predicted octanol–water partition coefficient (Wildman–Crippen LogP) is 4.19. The van der Waals surface area contributed by atoms with Crippen LogP contribution in [0.3, 0.4) is 0 Å². The van der Waals surface area contributed by atoms with Gasteiger partial charge in [-0.25, -0.2) is 0 Å². The number of carbonyl (C=O) groups is 1. The number of Topliss-reactive ketones (excluding diaryl/α,β-unsaturated/α-hetero) is 1. The third-order valence-corrected chi connectivity index (χ3v) is 4.37. The average molecular weight is 280 g/mol. The summed E-state index contributed by atoms with van der Waals surface area (Å²) in [5, 5.41) is 0. The molecule has 21 heavy (non-hydrogen) atoms. The molecule has 0 bridgehead atoms. The molecule has 0 spiro atoms. The van der Waals surface area contributed by atoms with Crippen LogP contribution in [0.2, 0.25) is 0 Å². The Morgan fingerprint density at radius 3 is 2.81 bits per heavy atom. The van der Waals surface area contributed by atoms with E-state index in [1.807, 2.05) is 44.2 Å². The lowest BCUT2D eigenvalue weighted by atomic mass is 9.91. The molecule has 0 saturated carbocycles. The Kier molecular flexibility index (Phi) is 3.89. The second kappa shape index (κ2) is 5.82. The third-order valence-electron chi connectivity index (χ3n) is 4.37. The standard InChI is InChI=1S/C19H20O2/c1-13-6-5-9-16(14(13)2)18(20)12-19-17-8-4-3-7-15(17)10-11-21-19/h3-9,19H,10-12H2,1-2H3. The zero-order chi connectivity index (χ0) is 14.8. The van der Waals surface area contributed by atoms with E-state index < -0.39 is 0 Å². The van der Waals surface area contributed by atoms with Crippen LogP contribution in [0.5, 0.6) is 0 Å². The molecule has 1 atom stereocenters. The Labute approximate surface area is 125 Å². The van der Waals surface area contributed by atoms with Gasteiger partial charge >= 0.3 is 0 Å². The topological polar surface area (TPSA) is 26.3 Å². The number of aryl methyl sites for hydroxylation is 1. The van der Waals surface area contributed by atoms with Crippen LogP contribution in [-0.4, -0.2) is 12.4 Å². The first-order chi connectivity index (χ1) is 10.2. The molecular formula is C19H20O2. The molecule has 2 aromatic carbocycles. The first kappa shape index (κ1) is 14.0. The van der Waals surface area contributed by atoms with Crippen molar-refractivity contribution in [3.8, 4) is 0 Å². The van der Waals surface area contributed by atoms with E-state index in [4.69, 9.17) is 4.74 Å². The minimum absolute atomic E-state index is 0.109. The number of fused-ring (bicyclic) bond motifs is 1. The van der Waals surface area contributed by atoms with E-state index in [0.29, 0.717) is 13.0 Å². The molecule has 1 aliphatic heterocycles. The van der Waals surface area contributed by atoms with Crippen molar-refractivity contribution in [2.24, 2.45) is 0 Å². The number of rotatable bonds is 3. The fourth-order valence-electron chi connectivity index (χ4n) is 2.98. The summed E-state index contributed by atoms with van der Waals surface area (Å²) in [5.41, 5.74) is 5.53. The maximum atomic E-state index is 12.6. The zero-order valence-electron chi connectivity index (χ0n) is 12.6. The molecular weight excluding hydrogens is 260 g/mol. The summed E-state index contributed by atoms with van der Waals surface area (Å²) >= 11 is 0. The number of ketones is 1. The van der Waals surface area contributed by atoms with Gasteiger partial charge in [-0.15, -0.1) is 0 Å². The van der Waals surface area contributed by atoms with Crippen molar-refractivity contribution in [2.45, 2.75) is 32.8 Å². The molecule has 2 aromatic rings. The highest BCUT2D eigenvalue weighted by Gasteiger charge is 2.24. The lowest BCUT2D eigenvalue weighted by molar-refractivity contribution is 0.0352. The van der Waals surface area contributed by atoms with E-state index in [2.05, 4.69) is 12.1 Å². The second-order valence-corrected chi connectivity index (χ2v) is 5.68. The van der Waals surface area contributed by atoms with E-state index in [0.717, 1.165) is 23.1 Å². The van der Waals surface area contributed by atoms with E-state index in [1.165, 1.54) is 11.1 Å². The van der Waals surface area contributed by atoms with Crippen LogP contribution in [0.4, 0.5) is 0 Å². The van der Waals surface area contributed by atoms with Crippen LogP contribution < -0.4 is 0 Å². The molecule has 1 aliphatic rings. The van der Waals surface area contributed by atoms with Crippen molar-refractivity contribution in [2.75, 3.05) is 6.61 Å². The Hall–Kier alpha value is -1.93. The van der Waals surface area contributed by atoms with Crippen LogP contribution in [-0.2, 0) is 11.2 Å². The van der Waals surface area contributed by atoms with Crippen molar-refractivity contribution in [3.05, 3.63) is 70.3 Å². The first-order valence-corrected chi connectivity index (χ1v) is 7.45. The summed E-state index contributed by atoms with van der Waals surface area (Å²) in [6, 6.07) is 14.2. The van der Waals surface area contributed by atoms with Gasteiger partial charge in [0.25, 0.3) is 0 Å². The van der Waals surface area contributed by atoms with E-state index >= 15 is 0 Å². The van der Waals surface area contributed by atoms with Gasteiger partial charge in [0.05, 0.1) is 12.7 Å². The SMILES string of the molecule is Cc1cccc(C(=O)CC2OCCc3ccccc32)c1C. The van der Waals surface area contributed by atoms with Gasteiger partial charge < -0.3 is 4.74 Å². The highest BCUT2D eigenvalue weighted by molar-refractivity contribution is 5.98. The maximum absolute atomic E-state index is 12.6. The molecule has 0 amide bonds. The number of hydrogen-bond acceptors (Lipinski definition) is 2. The fraction of sp³-hybridized carbons (Fsp3) is 0.316. The highest BCUT2D eigenvalue weighted by atomic mass is 16.5. The molecule has 0 fully saturated rings. The van der Waals surface area contributed by atoms with Crippen LogP contribution >= 0.6 is 0 Å². The molecule has 108 valence electrons. The summed E-state index contributed by atoms with van der Waals surface area (Å²) in [6.07, 6.45) is 1.24. The fourth-order valence-corrected chi connectivity index (χ4v) is 2.98.